The second-order valence-corrected chi connectivity index (χ2v) is 6.43. The third-order valence-electron chi connectivity index (χ3n) is 4.70. The molecule has 1 aromatic heterocycles. The number of fused-ring (bicyclic) bond motifs is 2. The number of hydrogen-bond donors (Lipinski definition) is 1. The molecule has 4 rings (SSSR count). The maximum Gasteiger partial charge on any atom is 0.136 e. The number of hydrogen-bond acceptors (Lipinski definition) is 3. The molecule has 0 saturated carbocycles. The lowest BCUT2D eigenvalue weighted by molar-refractivity contribution is 0.580. The molecule has 3 heteroatoms. The first kappa shape index (κ1) is 13.0. The SMILES string of the molecule is CC(C)c1nc(C2Cc3ccccc32)nc2c1CNCC2. The summed E-state index contributed by atoms with van der Waals surface area (Å²) < 4.78 is 0. The molecule has 108 valence electrons. The lowest BCUT2D eigenvalue weighted by Gasteiger charge is -2.31. The zero-order valence-electron chi connectivity index (χ0n) is 12.7. The van der Waals surface area contributed by atoms with Crippen LogP contribution in [0.25, 0.3) is 0 Å². The predicted molar refractivity (Wildman–Crippen MR) is 83.5 cm³/mol. The van der Waals surface area contributed by atoms with Gasteiger partial charge in [-0.25, -0.2) is 9.97 Å². The van der Waals surface area contributed by atoms with E-state index in [1.54, 1.807) is 0 Å². The Balaban J connectivity index is 1.79. The fraction of sp³-hybridized carbons (Fsp3) is 0.444. The highest BCUT2D eigenvalue weighted by Crippen LogP contribution is 2.39. The minimum Gasteiger partial charge on any atom is -0.312 e. The Kier molecular flexibility index (Phi) is 3.03. The first-order valence-electron chi connectivity index (χ1n) is 7.92. The van der Waals surface area contributed by atoms with E-state index >= 15 is 0 Å². The quantitative estimate of drug-likeness (QED) is 0.918. The minimum atomic E-state index is 0.402. The molecule has 1 atom stereocenters. The van der Waals surface area contributed by atoms with E-state index in [9.17, 15) is 0 Å². The molecule has 1 unspecified atom stereocenters. The summed E-state index contributed by atoms with van der Waals surface area (Å²) in [6.45, 7) is 6.41. The van der Waals surface area contributed by atoms with Gasteiger partial charge < -0.3 is 5.32 Å². The number of nitrogens with one attached hydrogen (secondary N) is 1. The summed E-state index contributed by atoms with van der Waals surface area (Å²) >= 11 is 0. The van der Waals surface area contributed by atoms with Gasteiger partial charge in [0.1, 0.15) is 5.82 Å². The van der Waals surface area contributed by atoms with Gasteiger partial charge >= 0.3 is 0 Å². The first-order valence-corrected chi connectivity index (χ1v) is 7.92. The van der Waals surface area contributed by atoms with E-state index < -0.39 is 0 Å². The predicted octanol–water partition coefficient (Wildman–Crippen LogP) is 2.93. The van der Waals surface area contributed by atoms with E-state index in [0.29, 0.717) is 11.8 Å². The third-order valence-corrected chi connectivity index (χ3v) is 4.70. The van der Waals surface area contributed by atoms with E-state index in [1.165, 1.54) is 28.1 Å². The highest BCUT2D eigenvalue weighted by atomic mass is 15.0. The second-order valence-electron chi connectivity index (χ2n) is 6.43. The average Bonchev–Trinajstić information content (AvgIpc) is 2.47. The Hall–Kier alpha value is -1.74. The van der Waals surface area contributed by atoms with Crippen LogP contribution in [0.2, 0.25) is 0 Å². The Bertz CT molecular complexity index is 691. The van der Waals surface area contributed by atoms with E-state index in [1.807, 2.05) is 0 Å². The van der Waals surface area contributed by atoms with E-state index in [2.05, 4.69) is 43.4 Å². The standard InChI is InChI=1S/C18H21N3/c1-11(2)17-15-10-19-8-7-16(15)20-18(21-17)14-9-12-5-3-4-6-13(12)14/h3-6,11,14,19H,7-10H2,1-2H3. The van der Waals surface area contributed by atoms with E-state index in [-0.39, 0.29) is 0 Å². The van der Waals surface area contributed by atoms with Crippen LogP contribution in [0.1, 0.15) is 59.6 Å². The lowest BCUT2D eigenvalue weighted by atomic mass is 9.77. The number of aromatic nitrogens is 2. The number of benzene rings is 1. The molecule has 0 amide bonds. The van der Waals surface area contributed by atoms with Crippen molar-refractivity contribution in [2.24, 2.45) is 0 Å². The van der Waals surface area contributed by atoms with Crippen LogP contribution in [-0.4, -0.2) is 16.5 Å². The van der Waals surface area contributed by atoms with Crippen molar-refractivity contribution in [3.8, 4) is 0 Å². The molecule has 1 N–H and O–H groups in total. The Morgan fingerprint density at radius 2 is 2.05 bits per heavy atom. The Morgan fingerprint density at radius 1 is 1.19 bits per heavy atom. The number of rotatable bonds is 2. The van der Waals surface area contributed by atoms with Crippen molar-refractivity contribution in [2.45, 2.75) is 45.1 Å². The van der Waals surface area contributed by atoms with Gasteiger partial charge in [0.15, 0.2) is 0 Å². The van der Waals surface area contributed by atoms with Gasteiger partial charge in [-0.15, -0.1) is 0 Å². The average molecular weight is 279 g/mol. The zero-order chi connectivity index (χ0) is 14.4. The van der Waals surface area contributed by atoms with Crippen molar-refractivity contribution in [1.29, 1.82) is 0 Å². The van der Waals surface area contributed by atoms with E-state index in [4.69, 9.17) is 9.97 Å². The molecular formula is C18H21N3. The van der Waals surface area contributed by atoms with Crippen molar-refractivity contribution in [2.75, 3.05) is 6.54 Å². The van der Waals surface area contributed by atoms with Gasteiger partial charge in [0.25, 0.3) is 0 Å². The van der Waals surface area contributed by atoms with Crippen molar-refractivity contribution >= 4 is 0 Å². The molecule has 1 aromatic carbocycles. The molecule has 0 fully saturated rings. The Morgan fingerprint density at radius 3 is 2.86 bits per heavy atom. The molecular weight excluding hydrogens is 258 g/mol. The summed E-state index contributed by atoms with van der Waals surface area (Å²) in [6, 6.07) is 8.69. The van der Waals surface area contributed by atoms with Crippen LogP contribution in [-0.2, 0) is 19.4 Å². The molecule has 0 spiro atoms. The maximum absolute atomic E-state index is 4.96. The molecule has 0 saturated heterocycles. The largest absolute Gasteiger partial charge is 0.312 e. The van der Waals surface area contributed by atoms with Gasteiger partial charge in [-0.1, -0.05) is 38.1 Å². The van der Waals surface area contributed by atoms with Gasteiger partial charge in [0.05, 0.1) is 11.4 Å². The highest BCUT2D eigenvalue weighted by Gasteiger charge is 2.31. The van der Waals surface area contributed by atoms with Gasteiger partial charge in [-0.05, 0) is 23.5 Å². The van der Waals surface area contributed by atoms with Crippen LogP contribution in [0, 0.1) is 0 Å². The summed E-state index contributed by atoms with van der Waals surface area (Å²) in [6.07, 6.45) is 2.11. The normalized spacial score (nSPS) is 19.9. The zero-order valence-corrected chi connectivity index (χ0v) is 12.7. The molecule has 0 bridgehead atoms. The van der Waals surface area contributed by atoms with Crippen molar-refractivity contribution in [3.05, 3.63) is 58.2 Å². The highest BCUT2D eigenvalue weighted by molar-refractivity contribution is 5.45. The molecule has 1 aliphatic heterocycles. The van der Waals surface area contributed by atoms with Gasteiger partial charge in [0.2, 0.25) is 0 Å². The lowest BCUT2D eigenvalue weighted by Crippen LogP contribution is -2.29. The Labute approximate surface area is 125 Å². The maximum atomic E-state index is 4.96. The van der Waals surface area contributed by atoms with Crippen molar-refractivity contribution < 1.29 is 0 Å². The molecule has 2 heterocycles. The minimum absolute atomic E-state index is 0.402. The van der Waals surface area contributed by atoms with E-state index in [0.717, 1.165) is 31.8 Å². The molecule has 1 aliphatic carbocycles. The fourth-order valence-electron chi connectivity index (χ4n) is 3.51. The van der Waals surface area contributed by atoms with Crippen LogP contribution in [0.4, 0.5) is 0 Å². The van der Waals surface area contributed by atoms with Crippen LogP contribution in [0.15, 0.2) is 24.3 Å². The first-order chi connectivity index (χ1) is 10.2. The van der Waals surface area contributed by atoms with Gasteiger partial charge in [0, 0.05) is 31.0 Å². The van der Waals surface area contributed by atoms with Crippen molar-refractivity contribution in [1.82, 2.24) is 15.3 Å². The van der Waals surface area contributed by atoms with Gasteiger partial charge in [-0.3, -0.25) is 0 Å². The molecule has 3 nitrogen and oxygen atoms in total. The summed E-state index contributed by atoms with van der Waals surface area (Å²) in [7, 11) is 0. The fourth-order valence-corrected chi connectivity index (χ4v) is 3.51. The topological polar surface area (TPSA) is 37.8 Å². The molecule has 0 radical (unpaired) electrons. The van der Waals surface area contributed by atoms with Crippen LogP contribution >= 0.6 is 0 Å². The van der Waals surface area contributed by atoms with Crippen LogP contribution in [0.5, 0.6) is 0 Å². The summed E-state index contributed by atoms with van der Waals surface area (Å²) in [5.41, 5.74) is 6.73. The van der Waals surface area contributed by atoms with Crippen LogP contribution < -0.4 is 5.32 Å². The van der Waals surface area contributed by atoms with Crippen molar-refractivity contribution in [3.63, 3.8) is 0 Å². The summed E-state index contributed by atoms with van der Waals surface area (Å²) in [4.78, 5) is 9.88. The third kappa shape index (κ3) is 2.07. The smallest absolute Gasteiger partial charge is 0.136 e. The number of nitrogens with zero attached hydrogens (tertiary/aromatic N) is 2. The monoisotopic (exact) mass is 279 g/mol. The summed E-state index contributed by atoms with van der Waals surface area (Å²) in [5.74, 6) is 1.90. The molecule has 2 aliphatic rings. The second kappa shape index (κ2) is 4.92. The summed E-state index contributed by atoms with van der Waals surface area (Å²) in [5, 5.41) is 3.45. The molecule has 2 aromatic rings. The van der Waals surface area contributed by atoms with Gasteiger partial charge in [-0.2, -0.15) is 0 Å². The van der Waals surface area contributed by atoms with Crippen LogP contribution in [0.3, 0.4) is 0 Å². The molecule has 21 heavy (non-hydrogen) atoms.